The van der Waals surface area contributed by atoms with Crippen molar-refractivity contribution in [3.8, 4) is 17.1 Å². The largest absolute Gasteiger partial charge is 0.319 e. The minimum Gasteiger partial charge on any atom is -0.319 e. The molecule has 0 bridgehead atoms. The van der Waals surface area contributed by atoms with Gasteiger partial charge in [0.25, 0.3) is 5.91 Å². The van der Waals surface area contributed by atoms with E-state index in [1.165, 1.54) is 5.56 Å². The monoisotopic (exact) mass is 446 g/mol. The summed E-state index contributed by atoms with van der Waals surface area (Å²) in [6.07, 6.45) is 0. The molecule has 0 radical (unpaired) electrons. The standard InChI is InChI=1S/C23H19BrN4O/c1-15-8-13-20(16(2)14-15)28-22(17-9-11-18(24)12-10-17)26-21(27-28)23(29)25-19-6-4-3-5-7-19/h3-14H,1-2H3,(H,25,29). The van der Waals surface area contributed by atoms with Crippen molar-refractivity contribution in [3.05, 3.63) is 94.2 Å². The summed E-state index contributed by atoms with van der Waals surface area (Å²) >= 11 is 3.46. The van der Waals surface area contributed by atoms with Crippen molar-refractivity contribution < 1.29 is 4.79 Å². The van der Waals surface area contributed by atoms with Crippen molar-refractivity contribution in [2.24, 2.45) is 0 Å². The topological polar surface area (TPSA) is 59.8 Å². The Hall–Kier alpha value is -3.25. The first kappa shape index (κ1) is 19.1. The number of rotatable bonds is 4. The normalized spacial score (nSPS) is 10.7. The Morgan fingerprint density at radius 1 is 0.966 bits per heavy atom. The van der Waals surface area contributed by atoms with Crippen molar-refractivity contribution >= 4 is 27.5 Å². The van der Waals surface area contributed by atoms with Crippen molar-refractivity contribution in [3.63, 3.8) is 0 Å². The number of hydrogen-bond acceptors (Lipinski definition) is 3. The zero-order chi connectivity index (χ0) is 20.4. The van der Waals surface area contributed by atoms with Crippen LogP contribution in [-0.2, 0) is 0 Å². The first-order chi connectivity index (χ1) is 14.0. The Morgan fingerprint density at radius 2 is 1.69 bits per heavy atom. The van der Waals surface area contributed by atoms with Crippen LogP contribution < -0.4 is 5.32 Å². The first-order valence-corrected chi connectivity index (χ1v) is 9.97. The highest BCUT2D eigenvalue weighted by Crippen LogP contribution is 2.25. The first-order valence-electron chi connectivity index (χ1n) is 9.18. The molecule has 0 spiro atoms. The average Bonchev–Trinajstić information content (AvgIpc) is 3.14. The fourth-order valence-electron chi connectivity index (χ4n) is 3.11. The number of carbonyl (C=O) groups is 1. The number of carbonyl (C=O) groups excluding carboxylic acids is 1. The number of aromatic nitrogens is 3. The smallest absolute Gasteiger partial charge is 0.295 e. The molecule has 1 heterocycles. The zero-order valence-corrected chi connectivity index (χ0v) is 17.6. The number of halogens is 1. The number of nitrogens with one attached hydrogen (secondary N) is 1. The molecule has 0 aliphatic carbocycles. The number of aryl methyl sites for hydroxylation is 2. The number of anilines is 1. The van der Waals surface area contributed by atoms with Gasteiger partial charge in [0.05, 0.1) is 5.69 Å². The van der Waals surface area contributed by atoms with Gasteiger partial charge < -0.3 is 5.32 Å². The third-order valence-electron chi connectivity index (χ3n) is 4.52. The third-order valence-corrected chi connectivity index (χ3v) is 5.05. The van der Waals surface area contributed by atoms with Gasteiger partial charge in [0, 0.05) is 15.7 Å². The van der Waals surface area contributed by atoms with E-state index >= 15 is 0 Å². The summed E-state index contributed by atoms with van der Waals surface area (Å²) in [6, 6.07) is 23.2. The SMILES string of the molecule is Cc1ccc(-n2nc(C(=O)Nc3ccccc3)nc2-c2ccc(Br)cc2)c(C)c1. The molecule has 4 aromatic rings. The van der Waals surface area contributed by atoms with Crippen LogP contribution in [-0.4, -0.2) is 20.7 Å². The van der Waals surface area contributed by atoms with E-state index in [1.807, 2.05) is 80.6 Å². The number of nitrogens with zero attached hydrogens (tertiary/aromatic N) is 3. The summed E-state index contributed by atoms with van der Waals surface area (Å²) in [5.74, 6) is 0.382. The van der Waals surface area contributed by atoms with Crippen LogP contribution in [0, 0.1) is 13.8 Å². The molecule has 4 rings (SSSR count). The summed E-state index contributed by atoms with van der Waals surface area (Å²) < 4.78 is 2.71. The molecule has 5 nitrogen and oxygen atoms in total. The van der Waals surface area contributed by atoms with Crippen LogP contribution in [0.3, 0.4) is 0 Å². The highest BCUT2D eigenvalue weighted by molar-refractivity contribution is 9.10. The lowest BCUT2D eigenvalue weighted by atomic mass is 10.1. The van der Waals surface area contributed by atoms with Gasteiger partial charge in [0.15, 0.2) is 5.82 Å². The molecule has 0 fully saturated rings. The van der Waals surface area contributed by atoms with Gasteiger partial charge in [-0.2, -0.15) is 0 Å². The molecular formula is C23H19BrN4O. The van der Waals surface area contributed by atoms with E-state index in [0.717, 1.165) is 21.3 Å². The molecule has 3 aromatic carbocycles. The van der Waals surface area contributed by atoms with E-state index in [2.05, 4.69) is 37.4 Å². The number of benzene rings is 3. The Balaban J connectivity index is 1.80. The quantitative estimate of drug-likeness (QED) is 0.445. The van der Waals surface area contributed by atoms with Crippen LogP contribution in [0.15, 0.2) is 77.3 Å². The Morgan fingerprint density at radius 3 is 2.38 bits per heavy atom. The van der Waals surface area contributed by atoms with Gasteiger partial charge in [-0.15, -0.1) is 5.10 Å². The summed E-state index contributed by atoms with van der Waals surface area (Å²) in [6.45, 7) is 4.07. The number of para-hydroxylation sites is 1. The van der Waals surface area contributed by atoms with Gasteiger partial charge in [0.1, 0.15) is 0 Å². The molecule has 6 heteroatoms. The molecule has 1 amide bonds. The van der Waals surface area contributed by atoms with Crippen molar-refractivity contribution in [1.82, 2.24) is 14.8 Å². The van der Waals surface area contributed by atoms with Gasteiger partial charge >= 0.3 is 0 Å². The molecule has 0 saturated carbocycles. The highest BCUT2D eigenvalue weighted by atomic mass is 79.9. The highest BCUT2D eigenvalue weighted by Gasteiger charge is 2.20. The zero-order valence-electron chi connectivity index (χ0n) is 16.1. The molecule has 1 N–H and O–H groups in total. The Kier molecular flexibility index (Phi) is 5.27. The van der Waals surface area contributed by atoms with Gasteiger partial charge in [-0.05, 0) is 49.7 Å². The second-order valence-electron chi connectivity index (χ2n) is 6.79. The number of amides is 1. The summed E-state index contributed by atoms with van der Waals surface area (Å²) in [4.78, 5) is 17.3. The Bertz CT molecular complexity index is 1170. The summed E-state index contributed by atoms with van der Waals surface area (Å²) in [5.41, 5.74) is 4.69. The minimum absolute atomic E-state index is 0.117. The van der Waals surface area contributed by atoms with Crippen LogP contribution >= 0.6 is 15.9 Å². The lowest BCUT2D eigenvalue weighted by Gasteiger charge is -2.10. The van der Waals surface area contributed by atoms with E-state index in [1.54, 1.807) is 4.68 Å². The lowest BCUT2D eigenvalue weighted by Crippen LogP contribution is -2.14. The van der Waals surface area contributed by atoms with E-state index in [4.69, 9.17) is 0 Å². The maximum Gasteiger partial charge on any atom is 0.295 e. The minimum atomic E-state index is -0.349. The molecule has 0 atom stereocenters. The van der Waals surface area contributed by atoms with E-state index < -0.39 is 0 Å². The molecule has 0 aliphatic rings. The van der Waals surface area contributed by atoms with Crippen molar-refractivity contribution in [2.45, 2.75) is 13.8 Å². The van der Waals surface area contributed by atoms with Gasteiger partial charge in [0.2, 0.25) is 5.82 Å². The van der Waals surface area contributed by atoms with Crippen molar-refractivity contribution in [2.75, 3.05) is 5.32 Å². The van der Waals surface area contributed by atoms with Gasteiger partial charge in [-0.3, -0.25) is 4.79 Å². The van der Waals surface area contributed by atoms with E-state index in [-0.39, 0.29) is 11.7 Å². The number of hydrogen-bond donors (Lipinski definition) is 1. The molecule has 0 saturated heterocycles. The Labute approximate surface area is 177 Å². The molecule has 0 aliphatic heterocycles. The van der Waals surface area contributed by atoms with Gasteiger partial charge in [-0.25, -0.2) is 9.67 Å². The van der Waals surface area contributed by atoms with E-state index in [0.29, 0.717) is 11.5 Å². The predicted octanol–water partition coefficient (Wildman–Crippen LogP) is 5.57. The van der Waals surface area contributed by atoms with Crippen molar-refractivity contribution in [1.29, 1.82) is 0 Å². The molecule has 29 heavy (non-hydrogen) atoms. The van der Waals surface area contributed by atoms with Crippen LogP contribution in [0.25, 0.3) is 17.1 Å². The molecule has 1 aromatic heterocycles. The average molecular weight is 447 g/mol. The maximum atomic E-state index is 12.8. The lowest BCUT2D eigenvalue weighted by molar-refractivity contribution is 0.101. The fourth-order valence-corrected chi connectivity index (χ4v) is 3.38. The van der Waals surface area contributed by atoms with Crippen LogP contribution in [0.4, 0.5) is 5.69 Å². The van der Waals surface area contributed by atoms with Crippen LogP contribution in [0.5, 0.6) is 0 Å². The second kappa shape index (κ2) is 8.01. The summed E-state index contributed by atoms with van der Waals surface area (Å²) in [7, 11) is 0. The van der Waals surface area contributed by atoms with Crippen LogP contribution in [0.1, 0.15) is 21.7 Å². The van der Waals surface area contributed by atoms with E-state index in [9.17, 15) is 4.79 Å². The fraction of sp³-hybridized carbons (Fsp3) is 0.0870. The van der Waals surface area contributed by atoms with Crippen LogP contribution in [0.2, 0.25) is 0 Å². The summed E-state index contributed by atoms with van der Waals surface area (Å²) in [5, 5.41) is 7.40. The third kappa shape index (κ3) is 4.12. The molecule has 0 unspecified atom stereocenters. The molecular weight excluding hydrogens is 428 g/mol. The second-order valence-corrected chi connectivity index (χ2v) is 7.70. The predicted molar refractivity (Wildman–Crippen MR) is 118 cm³/mol. The molecule has 144 valence electrons. The van der Waals surface area contributed by atoms with Gasteiger partial charge in [-0.1, -0.05) is 64.0 Å². The maximum absolute atomic E-state index is 12.8.